The number of thiophene rings is 1. The second-order valence-electron chi connectivity index (χ2n) is 4.99. The summed E-state index contributed by atoms with van der Waals surface area (Å²) in [6, 6.07) is 3.45. The third kappa shape index (κ3) is 4.45. The molecule has 22 heavy (non-hydrogen) atoms. The summed E-state index contributed by atoms with van der Waals surface area (Å²) in [4.78, 5) is 38.6. The highest BCUT2D eigenvalue weighted by molar-refractivity contribution is 7.12. The fraction of sp³-hybridized carbons (Fsp3) is 0.500. The van der Waals surface area contributed by atoms with Crippen molar-refractivity contribution in [3.05, 3.63) is 22.4 Å². The molecule has 1 aliphatic rings. The van der Waals surface area contributed by atoms with Crippen LogP contribution >= 0.6 is 11.3 Å². The smallest absolute Gasteiger partial charge is 0.317 e. The fourth-order valence-electron chi connectivity index (χ4n) is 2.22. The molecule has 1 aromatic heterocycles. The van der Waals surface area contributed by atoms with E-state index in [9.17, 15) is 14.4 Å². The maximum Gasteiger partial charge on any atom is 0.317 e. The molecule has 3 amide bonds. The molecule has 8 heteroatoms. The summed E-state index contributed by atoms with van der Waals surface area (Å²) in [7, 11) is 0. The lowest BCUT2D eigenvalue weighted by Gasteiger charge is -2.34. The molecule has 1 saturated heterocycles. The summed E-state index contributed by atoms with van der Waals surface area (Å²) >= 11 is 1.42. The summed E-state index contributed by atoms with van der Waals surface area (Å²) in [5.74, 6) is -0.855. The van der Waals surface area contributed by atoms with Gasteiger partial charge in [0.2, 0.25) is 0 Å². The summed E-state index contributed by atoms with van der Waals surface area (Å²) in [6.07, 6.45) is 0.460. The van der Waals surface area contributed by atoms with E-state index in [1.165, 1.54) is 11.3 Å². The van der Waals surface area contributed by atoms with Crippen molar-refractivity contribution in [2.24, 2.45) is 0 Å². The topological polar surface area (TPSA) is 89.9 Å². The van der Waals surface area contributed by atoms with Crippen LogP contribution in [0.15, 0.2) is 17.5 Å². The van der Waals surface area contributed by atoms with Gasteiger partial charge in [-0.1, -0.05) is 6.07 Å². The summed E-state index contributed by atoms with van der Waals surface area (Å²) in [5, 5.41) is 13.1. The molecule has 120 valence electrons. The molecule has 1 aliphatic heterocycles. The molecule has 2 rings (SSSR count). The lowest BCUT2D eigenvalue weighted by atomic mass is 10.3. The van der Waals surface area contributed by atoms with Crippen LogP contribution < -0.4 is 5.32 Å². The van der Waals surface area contributed by atoms with Gasteiger partial charge < -0.3 is 20.2 Å². The van der Waals surface area contributed by atoms with Gasteiger partial charge in [-0.2, -0.15) is 0 Å². The Labute approximate surface area is 132 Å². The number of hydrogen-bond donors (Lipinski definition) is 2. The minimum absolute atomic E-state index is 0.0107. The molecular formula is C14H19N3O4S. The molecule has 0 bridgehead atoms. The number of urea groups is 1. The van der Waals surface area contributed by atoms with E-state index in [2.05, 4.69) is 5.32 Å². The standard InChI is InChI=1S/C14H19N3O4S/c18-12(19)4-1-5-15-14(21)17-8-6-16(7-9-17)13(20)11-3-2-10-22-11/h2-3,10H,1,4-9H2,(H,15,21)(H,18,19). The van der Waals surface area contributed by atoms with Crippen molar-refractivity contribution >= 4 is 29.2 Å². The van der Waals surface area contributed by atoms with E-state index in [0.29, 0.717) is 44.0 Å². The predicted octanol–water partition coefficient (Wildman–Crippen LogP) is 1.08. The number of amides is 3. The number of hydrogen-bond acceptors (Lipinski definition) is 4. The molecule has 2 N–H and O–H groups in total. The number of piperazine rings is 1. The number of rotatable bonds is 5. The van der Waals surface area contributed by atoms with Gasteiger partial charge in [-0.15, -0.1) is 11.3 Å². The Morgan fingerprint density at radius 3 is 2.45 bits per heavy atom. The van der Waals surface area contributed by atoms with E-state index in [4.69, 9.17) is 5.11 Å². The van der Waals surface area contributed by atoms with Crippen LogP contribution in [-0.4, -0.2) is 65.5 Å². The van der Waals surface area contributed by atoms with Gasteiger partial charge in [-0.25, -0.2) is 4.79 Å². The van der Waals surface area contributed by atoms with Crippen molar-refractivity contribution in [2.75, 3.05) is 32.7 Å². The van der Waals surface area contributed by atoms with Gasteiger partial charge in [-0.05, 0) is 17.9 Å². The quantitative estimate of drug-likeness (QED) is 0.793. The summed E-state index contributed by atoms with van der Waals surface area (Å²) in [6.45, 7) is 2.35. The van der Waals surface area contributed by atoms with Crippen LogP contribution in [0.3, 0.4) is 0 Å². The molecule has 0 aromatic carbocycles. The summed E-state index contributed by atoms with van der Waals surface area (Å²) < 4.78 is 0. The maximum atomic E-state index is 12.2. The third-order valence-electron chi connectivity index (χ3n) is 3.43. The maximum absolute atomic E-state index is 12.2. The van der Waals surface area contributed by atoms with E-state index >= 15 is 0 Å². The van der Waals surface area contributed by atoms with Crippen LogP contribution in [0, 0.1) is 0 Å². The predicted molar refractivity (Wildman–Crippen MR) is 82.1 cm³/mol. The van der Waals surface area contributed by atoms with E-state index in [1.807, 2.05) is 11.4 Å². The van der Waals surface area contributed by atoms with Gasteiger partial charge in [-0.3, -0.25) is 9.59 Å². The van der Waals surface area contributed by atoms with E-state index in [-0.39, 0.29) is 18.4 Å². The molecule has 0 atom stereocenters. The first kappa shape index (κ1) is 16.3. The zero-order valence-corrected chi connectivity index (χ0v) is 13.0. The van der Waals surface area contributed by atoms with Gasteiger partial charge in [0.05, 0.1) is 4.88 Å². The fourth-order valence-corrected chi connectivity index (χ4v) is 2.91. The minimum Gasteiger partial charge on any atom is -0.481 e. The van der Waals surface area contributed by atoms with Crippen LogP contribution in [0.25, 0.3) is 0 Å². The lowest BCUT2D eigenvalue weighted by Crippen LogP contribution is -2.53. The van der Waals surface area contributed by atoms with Gasteiger partial charge in [0.25, 0.3) is 5.91 Å². The number of carboxylic acids is 1. The van der Waals surface area contributed by atoms with Crippen molar-refractivity contribution in [1.82, 2.24) is 15.1 Å². The van der Waals surface area contributed by atoms with Crippen LogP contribution in [-0.2, 0) is 4.79 Å². The Kier molecular flexibility index (Phi) is 5.76. The second kappa shape index (κ2) is 7.79. The Bertz CT molecular complexity index is 524. The Hall–Kier alpha value is -2.09. The molecular weight excluding hydrogens is 306 g/mol. The Balaban J connectivity index is 1.71. The number of carbonyl (C=O) groups is 3. The van der Waals surface area contributed by atoms with Crippen molar-refractivity contribution in [3.8, 4) is 0 Å². The number of carboxylic acid groups (broad SMARTS) is 1. The number of carbonyl (C=O) groups excluding carboxylic acids is 2. The van der Waals surface area contributed by atoms with Gasteiger partial charge in [0, 0.05) is 39.1 Å². The Morgan fingerprint density at radius 2 is 1.86 bits per heavy atom. The van der Waals surface area contributed by atoms with Crippen LogP contribution in [0.5, 0.6) is 0 Å². The molecule has 0 aliphatic carbocycles. The molecule has 0 unspecified atom stereocenters. The Morgan fingerprint density at radius 1 is 1.18 bits per heavy atom. The molecule has 7 nitrogen and oxygen atoms in total. The van der Waals surface area contributed by atoms with Gasteiger partial charge in [0.15, 0.2) is 0 Å². The highest BCUT2D eigenvalue weighted by Crippen LogP contribution is 2.13. The zero-order valence-electron chi connectivity index (χ0n) is 12.2. The molecule has 1 fully saturated rings. The molecule has 0 spiro atoms. The SMILES string of the molecule is O=C(O)CCCNC(=O)N1CCN(C(=O)c2cccs2)CC1. The van der Waals surface area contributed by atoms with Crippen molar-refractivity contribution in [2.45, 2.75) is 12.8 Å². The second-order valence-corrected chi connectivity index (χ2v) is 5.93. The van der Waals surface area contributed by atoms with Gasteiger partial charge >= 0.3 is 12.0 Å². The van der Waals surface area contributed by atoms with Crippen molar-refractivity contribution in [3.63, 3.8) is 0 Å². The number of nitrogens with one attached hydrogen (secondary N) is 1. The van der Waals surface area contributed by atoms with E-state index in [1.54, 1.807) is 15.9 Å². The minimum atomic E-state index is -0.866. The molecule has 2 heterocycles. The number of nitrogens with zero attached hydrogens (tertiary/aromatic N) is 2. The van der Waals surface area contributed by atoms with E-state index < -0.39 is 5.97 Å². The van der Waals surface area contributed by atoms with Crippen LogP contribution in [0.4, 0.5) is 4.79 Å². The average Bonchev–Trinajstić information content (AvgIpc) is 3.05. The molecule has 0 saturated carbocycles. The first-order valence-electron chi connectivity index (χ1n) is 7.15. The monoisotopic (exact) mass is 325 g/mol. The normalized spacial score (nSPS) is 14.7. The highest BCUT2D eigenvalue weighted by atomic mass is 32.1. The highest BCUT2D eigenvalue weighted by Gasteiger charge is 2.24. The zero-order chi connectivity index (χ0) is 15.9. The van der Waals surface area contributed by atoms with Crippen LogP contribution in [0.2, 0.25) is 0 Å². The van der Waals surface area contributed by atoms with Gasteiger partial charge in [0.1, 0.15) is 0 Å². The van der Waals surface area contributed by atoms with Crippen molar-refractivity contribution < 1.29 is 19.5 Å². The van der Waals surface area contributed by atoms with Crippen LogP contribution in [0.1, 0.15) is 22.5 Å². The lowest BCUT2D eigenvalue weighted by molar-refractivity contribution is -0.137. The first-order chi connectivity index (χ1) is 10.6. The largest absolute Gasteiger partial charge is 0.481 e. The molecule has 1 aromatic rings. The van der Waals surface area contributed by atoms with Crippen molar-refractivity contribution in [1.29, 1.82) is 0 Å². The molecule has 0 radical (unpaired) electrons. The average molecular weight is 325 g/mol. The first-order valence-corrected chi connectivity index (χ1v) is 8.03. The summed E-state index contributed by atoms with van der Waals surface area (Å²) in [5.41, 5.74) is 0. The number of aliphatic carboxylic acids is 1. The van der Waals surface area contributed by atoms with E-state index in [0.717, 1.165) is 0 Å². The third-order valence-corrected chi connectivity index (χ3v) is 4.29.